The van der Waals surface area contributed by atoms with Crippen molar-refractivity contribution in [3.63, 3.8) is 0 Å². The summed E-state index contributed by atoms with van der Waals surface area (Å²) < 4.78 is 20.1. The number of aryl methyl sites for hydroxylation is 1. The van der Waals surface area contributed by atoms with Crippen molar-refractivity contribution < 1.29 is 9.13 Å². The van der Waals surface area contributed by atoms with Crippen molar-refractivity contribution >= 4 is 5.82 Å². The number of ether oxygens (including phenoxy) is 1. The molecule has 92 valence electrons. The lowest BCUT2D eigenvalue weighted by atomic mass is 10.0. The van der Waals surface area contributed by atoms with E-state index in [-0.39, 0.29) is 11.3 Å². The Morgan fingerprint density at radius 1 is 1.50 bits per heavy atom. The summed E-state index contributed by atoms with van der Waals surface area (Å²) in [5.41, 5.74) is 7.01. The number of nitrogen functional groups attached to an aromatic ring is 1. The fraction of sp³-hybridized carbons (Fsp3) is 0.167. The number of nitriles is 1. The van der Waals surface area contributed by atoms with E-state index in [0.717, 1.165) is 0 Å². The third kappa shape index (κ3) is 1.76. The van der Waals surface area contributed by atoms with Crippen molar-refractivity contribution in [2.24, 2.45) is 7.05 Å². The molecule has 0 fully saturated rings. The third-order valence-electron chi connectivity index (χ3n) is 2.66. The van der Waals surface area contributed by atoms with Crippen LogP contribution in [0.3, 0.4) is 0 Å². The van der Waals surface area contributed by atoms with Gasteiger partial charge < -0.3 is 10.5 Å². The van der Waals surface area contributed by atoms with Crippen LogP contribution in [0.1, 0.15) is 5.56 Å². The molecule has 0 spiro atoms. The van der Waals surface area contributed by atoms with E-state index in [1.165, 1.54) is 30.1 Å². The van der Waals surface area contributed by atoms with Gasteiger partial charge in [-0.2, -0.15) is 10.4 Å². The molecule has 2 aromatic rings. The van der Waals surface area contributed by atoms with Crippen LogP contribution in [0.2, 0.25) is 0 Å². The van der Waals surface area contributed by atoms with E-state index in [2.05, 4.69) is 5.10 Å². The van der Waals surface area contributed by atoms with Crippen LogP contribution < -0.4 is 10.5 Å². The number of hydrogen-bond acceptors (Lipinski definition) is 4. The predicted molar refractivity (Wildman–Crippen MR) is 64.3 cm³/mol. The van der Waals surface area contributed by atoms with Crippen LogP contribution in [0, 0.1) is 17.1 Å². The molecule has 1 aromatic carbocycles. The van der Waals surface area contributed by atoms with E-state index < -0.39 is 5.82 Å². The summed E-state index contributed by atoms with van der Waals surface area (Å²) >= 11 is 0. The van der Waals surface area contributed by atoms with Crippen LogP contribution in [0.25, 0.3) is 11.1 Å². The minimum Gasteiger partial charge on any atom is -0.492 e. The van der Waals surface area contributed by atoms with E-state index in [9.17, 15) is 4.39 Å². The summed E-state index contributed by atoms with van der Waals surface area (Å²) in [6, 6.07) is 4.68. The summed E-state index contributed by atoms with van der Waals surface area (Å²) in [6.07, 6.45) is 1.53. The maximum Gasteiger partial charge on any atom is 0.172 e. The van der Waals surface area contributed by atoms with Gasteiger partial charge in [-0.1, -0.05) is 0 Å². The highest BCUT2D eigenvalue weighted by atomic mass is 19.1. The van der Waals surface area contributed by atoms with Crippen LogP contribution in [0.4, 0.5) is 10.2 Å². The lowest BCUT2D eigenvalue weighted by molar-refractivity contribution is 0.385. The number of hydrogen-bond donors (Lipinski definition) is 1. The van der Waals surface area contributed by atoms with Gasteiger partial charge in [0.15, 0.2) is 11.6 Å². The molecule has 0 radical (unpaired) electrons. The Morgan fingerprint density at radius 3 is 2.72 bits per heavy atom. The smallest absolute Gasteiger partial charge is 0.172 e. The average Bonchev–Trinajstić information content (AvgIpc) is 2.69. The molecule has 0 saturated heterocycles. The molecule has 2 rings (SSSR count). The van der Waals surface area contributed by atoms with Crippen molar-refractivity contribution in [1.29, 1.82) is 5.26 Å². The molecular formula is C12H11FN4O. The van der Waals surface area contributed by atoms with Crippen molar-refractivity contribution in [3.05, 3.63) is 29.7 Å². The highest BCUT2D eigenvalue weighted by Crippen LogP contribution is 2.31. The quantitative estimate of drug-likeness (QED) is 0.874. The Bertz CT molecular complexity index is 642. The van der Waals surface area contributed by atoms with E-state index in [1.807, 2.05) is 6.07 Å². The van der Waals surface area contributed by atoms with Gasteiger partial charge in [0.1, 0.15) is 11.9 Å². The second-order valence-electron chi connectivity index (χ2n) is 3.72. The molecular weight excluding hydrogens is 235 g/mol. The van der Waals surface area contributed by atoms with Gasteiger partial charge in [-0.25, -0.2) is 4.39 Å². The Kier molecular flexibility index (Phi) is 2.90. The molecule has 0 aliphatic rings. The van der Waals surface area contributed by atoms with Crippen molar-refractivity contribution in [2.75, 3.05) is 12.8 Å². The largest absolute Gasteiger partial charge is 0.492 e. The predicted octanol–water partition coefficient (Wildman–Crippen LogP) is 1.69. The van der Waals surface area contributed by atoms with E-state index >= 15 is 0 Å². The summed E-state index contributed by atoms with van der Waals surface area (Å²) in [7, 11) is 3.00. The Balaban J connectivity index is 2.64. The molecule has 0 unspecified atom stereocenters. The van der Waals surface area contributed by atoms with Crippen molar-refractivity contribution in [3.8, 4) is 22.9 Å². The van der Waals surface area contributed by atoms with Gasteiger partial charge in [0.2, 0.25) is 0 Å². The first kappa shape index (κ1) is 11.9. The molecule has 18 heavy (non-hydrogen) atoms. The topological polar surface area (TPSA) is 76.9 Å². The molecule has 0 amide bonds. The zero-order valence-electron chi connectivity index (χ0n) is 9.94. The highest BCUT2D eigenvalue weighted by molar-refractivity contribution is 5.75. The van der Waals surface area contributed by atoms with Crippen molar-refractivity contribution in [2.45, 2.75) is 0 Å². The van der Waals surface area contributed by atoms with Gasteiger partial charge in [-0.15, -0.1) is 0 Å². The number of nitrogens with zero attached hydrogens (tertiary/aromatic N) is 3. The van der Waals surface area contributed by atoms with Gasteiger partial charge in [0.05, 0.1) is 18.9 Å². The molecule has 0 aliphatic heterocycles. The number of anilines is 1. The lowest BCUT2D eigenvalue weighted by Gasteiger charge is -2.07. The first-order valence-electron chi connectivity index (χ1n) is 5.14. The molecule has 1 heterocycles. The second-order valence-corrected chi connectivity index (χ2v) is 3.72. The van der Waals surface area contributed by atoms with Crippen molar-refractivity contribution in [1.82, 2.24) is 9.78 Å². The van der Waals surface area contributed by atoms with Gasteiger partial charge in [-0.3, -0.25) is 4.68 Å². The van der Waals surface area contributed by atoms with E-state index in [1.54, 1.807) is 7.05 Å². The average molecular weight is 246 g/mol. The number of methoxy groups -OCH3 is 1. The Hall–Kier alpha value is -2.55. The van der Waals surface area contributed by atoms with Crippen LogP contribution in [-0.4, -0.2) is 16.9 Å². The van der Waals surface area contributed by atoms with Gasteiger partial charge in [0, 0.05) is 12.6 Å². The van der Waals surface area contributed by atoms with Gasteiger partial charge in [-0.05, 0) is 17.7 Å². The monoisotopic (exact) mass is 246 g/mol. The lowest BCUT2D eigenvalue weighted by Crippen LogP contribution is -1.99. The van der Waals surface area contributed by atoms with Crippen LogP contribution >= 0.6 is 0 Å². The van der Waals surface area contributed by atoms with Gasteiger partial charge in [0.25, 0.3) is 0 Å². The van der Waals surface area contributed by atoms with E-state index in [4.69, 9.17) is 15.7 Å². The fourth-order valence-corrected chi connectivity index (χ4v) is 1.71. The number of nitrogens with two attached hydrogens (primary N) is 1. The molecule has 0 aliphatic carbocycles. The number of rotatable bonds is 2. The standard InChI is InChI=1S/C12H11FN4O/c1-17-12(15)9(6-16-17)7-3-8(5-14)11(18-2)10(13)4-7/h3-4,6H,15H2,1-2H3. The molecule has 5 nitrogen and oxygen atoms in total. The molecule has 2 N–H and O–H groups in total. The molecule has 1 aromatic heterocycles. The SMILES string of the molecule is COc1c(F)cc(-c2cnn(C)c2N)cc1C#N. The molecule has 6 heteroatoms. The summed E-state index contributed by atoms with van der Waals surface area (Å²) in [5, 5.41) is 12.9. The molecule has 0 atom stereocenters. The zero-order valence-corrected chi connectivity index (χ0v) is 9.94. The first-order valence-corrected chi connectivity index (χ1v) is 5.14. The number of halogens is 1. The normalized spacial score (nSPS) is 10.1. The Labute approximate surface area is 103 Å². The maximum atomic E-state index is 13.8. The summed E-state index contributed by atoms with van der Waals surface area (Å²) in [5.74, 6) is -0.262. The molecule has 0 bridgehead atoms. The van der Waals surface area contributed by atoms with Crippen LogP contribution in [0.5, 0.6) is 5.75 Å². The summed E-state index contributed by atoms with van der Waals surface area (Å²) in [6.45, 7) is 0. The second kappa shape index (κ2) is 4.37. The number of benzene rings is 1. The zero-order chi connectivity index (χ0) is 13.3. The van der Waals surface area contributed by atoms with Crippen LogP contribution in [0.15, 0.2) is 18.3 Å². The minimum atomic E-state index is -0.602. The summed E-state index contributed by atoms with van der Waals surface area (Å²) in [4.78, 5) is 0. The van der Waals surface area contributed by atoms with Crippen LogP contribution in [-0.2, 0) is 7.05 Å². The van der Waals surface area contributed by atoms with E-state index in [0.29, 0.717) is 16.9 Å². The fourth-order valence-electron chi connectivity index (χ4n) is 1.71. The molecule has 0 saturated carbocycles. The highest BCUT2D eigenvalue weighted by Gasteiger charge is 2.15. The number of aromatic nitrogens is 2. The van der Waals surface area contributed by atoms with Gasteiger partial charge >= 0.3 is 0 Å². The third-order valence-corrected chi connectivity index (χ3v) is 2.66. The maximum absolute atomic E-state index is 13.8. The first-order chi connectivity index (χ1) is 8.58. The Morgan fingerprint density at radius 2 is 2.22 bits per heavy atom. The minimum absolute atomic E-state index is 0.0660.